The number of aromatic nitrogens is 3. The van der Waals surface area contributed by atoms with Gasteiger partial charge in [0.2, 0.25) is 5.95 Å². The molecule has 0 amide bonds. The first-order valence-corrected chi connectivity index (χ1v) is 18.0. The summed E-state index contributed by atoms with van der Waals surface area (Å²) in [5.41, 5.74) is 12.8. The average Bonchev–Trinajstić information content (AvgIpc) is 3.64. The maximum atomic E-state index is 5.51. The van der Waals surface area contributed by atoms with Crippen molar-refractivity contribution in [1.82, 2.24) is 14.5 Å². The molecule has 8 aromatic carbocycles. The molecule has 0 spiro atoms. The van der Waals surface area contributed by atoms with Gasteiger partial charge in [0, 0.05) is 38.1 Å². The molecule has 3 heteroatoms. The SMILES string of the molecule is CC1(C)c2ccccc2-c2cc(-c3cccc4c5cc6ccccc6cc5n(-c5nc(-c6ccccc6)c6ccc7ccccc7c6n5)c34)ccc21. The molecule has 0 saturated heterocycles. The second-order valence-electron chi connectivity index (χ2n) is 14.6. The predicted octanol–water partition coefficient (Wildman–Crippen LogP) is 12.7. The monoisotopic (exact) mass is 663 g/mol. The lowest BCUT2D eigenvalue weighted by atomic mass is 9.82. The van der Waals surface area contributed by atoms with Crippen LogP contribution in [0.15, 0.2) is 164 Å². The van der Waals surface area contributed by atoms with Crippen molar-refractivity contribution in [2.45, 2.75) is 19.3 Å². The summed E-state index contributed by atoms with van der Waals surface area (Å²) in [6.07, 6.45) is 0. The summed E-state index contributed by atoms with van der Waals surface area (Å²) in [5.74, 6) is 0.665. The number of fused-ring (bicyclic) bond motifs is 10. The summed E-state index contributed by atoms with van der Waals surface area (Å²) in [5, 5.41) is 8.09. The Bertz CT molecular complexity index is 3100. The molecule has 1 aliphatic rings. The van der Waals surface area contributed by atoms with Gasteiger partial charge >= 0.3 is 0 Å². The fourth-order valence-corrected chi connectivity index (χ4v) is 8.85. The molecule has 52 heavy (non-hydrogen) atoms. The molecule has 0 N–H and O–H groups in total. The summed E-state index contributed by atoms with van der Waals surface area (Å²) < 4.78 is 2.32. The fourth-order valence-electron chi connectivity index (χ4n) is 8.85. The highest BCUT2D eigenvalue weighted by Gasteiger charge is 2.35. The Hall–Kier alpha value is -6.58. The number of nitrogens with zero attached hydrogens (tertiary/aromatic N) is 3. The number of hydrogen-bond donors (Lipinski definition) is 0. The van der Waals surface area contributed by atoms with Crippen molar-refractivity contribution in [2.24, 2.45) is 0 Å². The second kappa shape index (κ2) is 10.7. The van der Waals surface area contributed by atoms with Crippen LogP contribution >= 0.6 is 0 Å². The molecule has 2 aromatic heterocycles. The van der Waals surface area contributed by atoms with Crippen molar-refractivity contribution in [1.29, 1.82) is 0 Å². The first-order chi connectivity index (χ1) is 25.5. The van der Waals surface area contributed by atoms with Gasteiger partial charge in [0.25, 0.3) is 0 Å². The van der Waals surface area contributed by atoms with Crippen LogP contribution in [0.1, 0.15) is 25.0 Å². The topological polar surface area (TPSA) is 30.7 Å². The third-order valence-corrected chi connectivity index (χ3v) is 11.4. The molecule has 244 valence electrons. The zero-order valence-electron chi connectivity index (χ0n) is 28.9. The molecule has 0 bridgehead atoms. The van der Waals surface area contributed by atoms with Crippen LogP contribution in [0, 0.1) is 0 Å². The van der Waals surface area contributed by atoms with Crippen LogP contribution in [-0.2, 0) is 5.41 Å². The maximum Gasteiger partial charge on any atom is 0.235 e. The van der Waals surface area contributed by atoms with Gasteiger partial charge in [0.1, 0.15) is 0 Å². The molecule has 0 fully saturated rings. The Morgan fingerprint density at radius 2 is 1.13 bits per heavy atom. The molecule has 2 heterocycles. The fraction of sp³-hybridized carbons (Fsp3) is 0.0612. The van der Waals surface area contributed by atoms with Crippen LogP contribution in [0.3, 0.4) is 0 Å². The van der Waals surface area contributed by atoms with E-state index in [1.807, 2.05) is 0 Å². The van der Waals surface area contributed by atoms with Crippen molar-refractivity contribution in [2.75, 3.05) is 0 Å². The van der Waals surface area contributed by atoms with E-state index < -0.39 is 0 Å². The van der Waals surface area contributed by atoms with Gasteiger partial charge in [-0.3, -0.25) is 4.57 Å². The Kier molecular flexibility index (Phi) is 6.01. The third kappa shape index (κ3) is 4.08. The second-order valence-corrected chi connectivity index (χ2v) is 14.6. The molecule has 0 atom stereocenters. The van der Waals surface area contributed by atoms with Gasteiger partial charge < -0.3 is 0 Å². The van der Waals surface area contributed by atoms with E-state index in [1.165, 1.54) is 49.4 Å². The van der Waals surface area contributed by atoms with E-state index in [0.29, 0.717) is 5.95 Å². The van der Waals surface area contributed by atoms with Crippen LogP contribution in [0.25, 0.3) is 93.7 Å². The lowest BCUT2D eigenvalue weighted by Crippen LogP contribution is -2.14. The number of para-hydroxylation sites is 1. The molecule has 0 aliphatic heterocycles. The van der Waals surface area contributed by atoms with Gasteiger partial charge in [-0.15, -0.1) is 0 Å². The van der Waals surface area contributed by atoms with Gasteiger partial charge in [-0.05, 0) is 68.2 Å². The predicted molar refractivity (Wildman–Crippen MR) is 217 cm³/mol. The van der Waals surface area contributed by atoms with Crippen LogP contribution in [0.4, 0.5) is 0 Å². The molecule has 0 radical (unpaired) electrons. The largest absolute Gasteiger partial charge is 0.277 e. The normalized spacial score (nSPS) is 13.3. The van der Waals surface area contributed by atoms with Crippen LogP contribution in [-0.4, -0.2) is 14.5 Å². The minimum absolute atomic E-state index is 0.0545. The van der Waals surface area contributed by atoms with E-state index in [1.54, 1.807) is 0 Å². The first-order valence-electron chi connectivity index (χ1n) is 18.0. The van der Waals surface area contributed by atoms with E-state index in [2.05, 4.69) is 182 Å². The van der Waals surface area contributed by atoms with E-state index in [4.69, 9.17) is 9.97 Å². The lowest BCUT2D eigenvalue weighted by Gasteiger charge is -2.21. The molecule has 10 aromatic rings. The highest BCUT2D eigenvalue weighted by Crippen LogP contribution is 2.50. The van der Waals surface area contributed by atoms with Crippen molar-refractivity contribution < 1.29 is 0 Å². The van der Waals surface area contributed by atoms with E-state index >= 15 is 0 Å². The summed E-state index contributed by atoms with van der Waals surface area (Å²) in [6.45, 7) is 4.68. The smallest absolute Gasteiger partial charge is 0.235 e. The Balaban J connectivity index is 1.28. The minimum Gasteiger partial charge on any atom is -0.277 e. The molecular weight excluding hydrogens is 631 g/mol. The first kappa shape index (κ1) is 29.2. The van der Waals surface area contributed by atoms with Crippen LogP contribution in [0.2, 0.25) is 0 Å². The van der Waals surface area contributed by atoms with Gasteiger partial charge in [-0.1, -0.05) is 153 Å². The summed E-state index contributed by atoms with van der Waals surface area (Å²) in [6, 6.07) is 59.4. The van der Waals surface area contributed by atoms with Gasteiger partial charge in [-0.25, -0.2) is 9.97 Å². The van der Waals surface area contributed by atoms with Crippen molar-refractivity contribution in [3.05, 3.63) is 175 Å². The zero-order valence-corrected chi connectivity index (χ0v) is 28.9. The standard InChI is InChI=1S/C49H33N3/c1-49(2)42-22-11-10-19-37(42)40-28-34(24-26-43(40)49)36-20-12-21-38-41-27-32-16-6-7-17-33(32)29-44(41)52(47(36)38)48-50-45(31-14-4-3-5-15-31)39-25-23-30-13-8-9-18-35(30)46(39)51-48/h3-29H,1-2H3. The Labute approximate surface area is 301 Å². The zero-order chi connectivity index (χ0) is 34.6. The number of hydrogen-bond acceptors (Lipinski definition) is 2. The summed E-state index contributed by atoms with van der Waals surface area (Å²) in [7, 11) is 0. The van der Waals surface area contributed by atoms with Crippen molar-refractivity contribution >= 4 is 54.3 Å². The molecule has 11 rings (SSSR count). The van der Waals surface area contributed by atoms with Crippen molar-refractivity contribution in [3.8, 4) is 39.5 Å². The lowest BCUT2D eigenvalue weighted by molar-refractivity contribution is 0.660. The van der Waals surface area contributed by atoms with E-state index in [0.717, 1.165) is 49.5 Å². The Morgan fingerprint density at radius 3 is 2.00 bits per heavy atom. The molecular formula is C49H33N3. The highest BCUT2D eigenvalue weighted by atomic mass is 15.2. The number of benzene rings is 8. The molecule has 0 unspecified atom stereocenters. The minimum atomic E-state index is -0.0545. The van der Waals surface area contributed by atoms with Crippen molar-refractivity contribution in [3.63, 3.8) is 0 Å². The van der Waals surface area contributed by atoms with Gasteiger partial charge in [-0.2, -0.15) is 0 Å². The maximum absolute atomic E-state index is 5.51. The van der Waals surface area contributed by atoms with E-state index in [9.17, 15) is 0 Å². The number of rotatable bonds is 3. The average molecular weight is 664 g/mol. The summed E-state index contributed by atoms with van der Waals surface area (Å²) >= 11 is 0. The molecule has 1 aliphatic carbocycles. The van der Waals surface area contributed by atoms with E-state index in [-0.39, 0.29) is 5.41 Å². The van der Waals surface area contributed by atoms with Gasteiger partial charge in [0.05, 0.1) is 22.2 Å². The molecule has 0 saturated carbocycles. The van der Waals surface area contributed by atoms with Crippen LogP contribution < -0.4 is 0 Å². The molecule has 3 nitrogen and oxygen atoms in total. The van der Waals surface area contributed by atoms with Crippen LogP contribution in [0.5, 0.6) is 0 Å². The Morgan fingerprint density at radius 1 is 0.442 bits per heavy atom. The third-order valence-electron chi connectivity index (χ3n) is 11.4. The van der Waals surface area contributed by atoms with Gasteiger partial charge in [0.15, 0.2) is 0 Å². The quantitative estimate of drug-likeness (QED) is 0.176. The summed E-state index contributed by atoms with van der Waals surface area (Å²) in [4.78, 5) is 11.0. The highest BCUT2D eigenvalue weighted by molar-refractivity contribution is 6.17.